The van der Waals surface area contributed by atoms with E-state index in [1.54, 1.807) is 7.05 Å². The van der Waals surface area contributed by atoms with Gasteiger partial charge in [0, 0.05) is 6.54 Å². The molecule has 1 rings (SSSR count). The van der Waals surface area contributed by atoms with Gasteiger partial charge in [-0.2, -0.15) is 0 Å². The number of aromatic carboxylic acids is 1. The summed E-state index contributed by atoms with van der Waals surface area (Å²) in [7, 11) is 3.05. The van der Waals surface area contributed by atoms with Gasteiger partial charge in [0.1, 0.15) is 11.9 Å². The van der Waals surface area contributed by atoms with Crippen LogP contribution >= 0.6 is 0 Å². The Labute approximate surface area is 105 Å². The van der Waals surface area contributed by atoms with Gasteiger partial charge in [-0.1, -0.05) is 6.07 Å². The molecule has 0 aromatic heterocycles. The minimum absolute atomic E-state index is 0.0861. The van der Waals surface area contributed by atoms with Crippen molar-refractivity contribution in [3.63, 3.8) is 0 Å². The maximum Gasteiger partial charge on any atom is 0.336 e. The molecule has 100 valence electrons. The van der Waals surface area contributed by atoms with Crippen LogP contribution in [0.2, 0.25) is 0 Å². The highest BCUT2D eigenvalue weighted by molar-refractivity contribution is 5.90. The van der Waals surface area contributed by atoms with Crippen molar-refractivity contribution < 1.29 is 24.9 Å². The first kappa shape index (κ1) is 14.4. The van der Waals surface area contributed by atoms with Gasteiger partial charge in [0.25, 0.3) is 0 Å². The van der Waals surface area contributed by atoms with Crippen LogP contribution in [-0.2, 0) is 0 Å². The quantitative estimate of drug-likeness (QED) is 0.571. The Morgan fingerprint density at radius 3 is 2.61 bits per heavy atom. The number of carbonyl (C=O) groups is 1. The first-order chi connectivity index (χ1) is 8.51. The van der Waals surface area contributed by atoms with E-state index in [9.17, 15) is 15.0 Å². The lowest BCUT2D eigenvalue weighted by atomic mass is 9.98. The molecule has 6 heteroatoms. The van der Waals surface area contributed by atoms with Crippen LogP contribution in [0.1, 0.15) is 22.0 Å². The van der Waals surface area contributed by atoms with Crippen molar-refractivity contribution in [2.75, 3.05) is 20.7 Å². The molecular weight excluding hydrogens is 238 g/mol. The number of hydrogen-bond donors (Lipinski definition) is 4. The van der Waals surface area contributed by atoms with E-state index in [1.807, 2.05) is 0 Å². The second-order valence-corrected chi connectivity index (χ2v) is 3.83. The number of benzene rings is 1. The highest BCUT2D eigenvalue weighted by atomic mass is 16.5. The third-order valence-corrected chi connectivity index (χ3v) is 2.59. The van der Waals surface area contributed by atoms with Gasteiger partial charge in [-0.15, -0.1) is 0 Å². The molecule has 0 radical (unpaired) electrons. The minimum Gasteiger partial charge on any atom is -0.497 e. The van der Waals surface area contributed by atoms with Crippen LogP contribution in [-0.4, -0.2) is 48.1 Å². The SMILES string of the molecule is CNCC(O)C(O)c1ccc(OC)cc1C(=O)O. The Bertz CT molecular complexity index is 421. The third-order valence-electron chi connectivity index (χ3n) is 2.59. The predicted molar refractivity (Wildman–Crippen MR) is 64.8 cm³/mol. The van der Waals surface area contributed by atoms with E-state index >= 15 is 0 Å². The number of methoxy groups -OCH3 is 1. The van der Waals surface area contributed by atoms with Gasteiger partial charge in [-0.25, -0.2) is 4.79 Å². The van der Waals surface area contributed by atoms with Gasteiger partial charge in [-0.05, 0) is 24.7 Å². The summed E-state index contributed by atoms with van der Waals surface area (Å²) in [5, 5.41) is 31.4. The molecule has 0 fully saturated rings. The predicted octanol–water partition coefficient (Wildman–Crippen LogP) is 0.00710. The van der Waals surface area contributed by atoms with Gasteiger partial charge < -0.3 is 25.4 Å². The van der Waals surface area contributed by atoms with Gasteiger partial charge in [0.05, 0.1) is 18.8 Å². The number of likely N-dealkylation sites (N-methyl/N-ethyl adjacent to an activating group) is 1. The molecule has 2 atom stereocenters. The van der Waals surface area contributed by atoms with Gasteiger partial charge >= 0.3 is 5.97 Å². The second kappa shape index (κ2) is 6.34. The Kier molecular flexibility index (Phi) is 5.08. The monoisotopic (exact) mass is 255 g/mol. The molecule has 0 spiro atoms. The summed E-state index contributed by atoms with van der Waals surface area (Å²) in [6.07, 6.45) is -2.35. The molecule has 0 aliphatic heterocycles. The molecule has 0 saturated carbocycles. The summed E-state index contributed by atoms with van der Waals surface area (Å²) >= 11 is 0. The molecular formula is C12H17NO5. The topological polar surface area (TPSA) is 99.0 Å². The average Bonchev–Trinajstić information content (AvgIpc) is 2.37. The fraction of sp³-hybridized carbons (Fsp3) is 0.417. The average molecular weight is 255 g/mol. The molecule has 0 amide bonds. The van der Waals surface area contributed by atoms with E-state index in [0.29, 0.717) is 5.75 Å². The zero-order valence-electron chi connectivity index (χ0n) is 10.3. The molecule has 6 nitrogen and oxygen atoms in total. The fourth-order valence-corrected chi connectivity index (χ4v) is 1.63. The van der Waals surface area contributed by atoms with Crippen LogP contribution in [0.25, 0.3) is 0 Å². The van der Waals surface area contributed by atoms with Crippen LogP contribution in [0.5, 0.6) is 5.75 Å². The standard InChI is InChI=1S/C12H17NO5/c1-13-6-10(14)11(15)8-4-3-7(18-2)5-9(8)12(16)17/h3-5,10-11,13-15H,6H2,1-2H3,(H,16,17). The van der Waals surface area contributed by atoms with Crippen LogP contribution in [0.3, 0.4) is 0 Å². The van der Waals surface area contributed by atoms with E-state index < -0.39 is 18.2 Å². The summed E-state index contributed by atoms with van der Waals surface area (Å²) in [6.45, 7) is 0.159. The summed E-state index contributed by atoms with van der Waals surface area (Å²) < 4.78 is 4.93. The smallest absolute Gasteiger partial charge is 0.336 e. The number of rotatable bonds is 6. The molecule has 18 heavy (non-hydrogen) atoms. The molecule has 0 aliphatic rings. The number of ether oxygens (including phenoxy) is 1. The Hall–Kier alpha value is -1.63. The van der Waals surface area contributed by atoms with Crippen LogP contribution in [0.4, 0.5) is 0 Å². The highest BCUT2D eigenvalue weighted by Crippen LogP contribution is 2.25. The number of nitrogens with one attached hydrogen (secondary N) is 1. The van der Waals surface area contributed by atoms with Crippen molar-refractivity contribution >= 4 is 5.97 Å². The van der Waals surface area contributed by atoms with Crippen molar-refractivity contribution in [1.29, 1.82) is 0 Å². The Morgan fingerprint density at radius 1 is 1.44 bits per heavy atom. The molecule has 0 aliphatic carbocycles. The van der Waals surface area contributed by atoms with Crippen LogP contribution in [0.15, 0.2) is 18.2 Å². The number of carboxylic acids is 1. The van der Waals surface area contributed by atoms with Crippen LogP contribution < -0.4 is 10.1 Å². The fourth-order valence-electron chi connectivity index (χ4n) is 1.63. The zero-order chi connectivity index (χ0) is 13.7. The largest absolute Gasteiger partial charge is 0.497 e. The van der Waals surface area contributed by atoms with E-state index in [4.69, 9.17) is 9.84 Å². The summed E-state index contributed by atoms with van der Waals surface area (Å²) in [5.74, 6) is -0.800. The third kappa shape index (κ3) is 3.19. The van der Waals surface area contributed by atoms with Gasteiger partial charge in [0.15, 0.2) is 0 Å². The van der Waals surface area contributed by atoms with Crippen molar-refractivity contribution in [2.24, 2.45) is 0 Å². The van der Waals surface area contributed by atoms with Gasteiger partial charge in [0.2, 0.25) is 0 Å². The Balaban J connectivity index is 3.10. The molecule has 0 saturated heterocycles. The van der Waals surface area contributed by atoms with E-state index in [2.05, 4.69) is 5.32 Å². The molecule has 4 N–H and O–H groups in total. The first-order valence-electron chi connectivity index (χ1n) is 5.43. The molecule has 0 heterocycles. The molecule has 0 bridgehead atoms. The van der Waals surface area contributed by atoms with Crippen molar-refractivity contribution in [1.82, 2.24) is 5.32 Å². The number of aliphatic hydroxyl groups excluding tert-OH is 2. The van der Waals surface area contributed by atoms with E-state index in [0.717, 1.165) is 0 Å². The van der Waals surface area contributed by atoms with Crippen LogP contribution in [0, 0.1) is 0 Å². The number of carboxylic acid groups (broad SMARTS) is 1. The van der Waals surface area contributed by atoms with Gasteiger partial charge in [-0.3, -0.25) is 0 Å². The van der Waals surface area contributed by atoms with Crippen molar-refractivity contribution in [3.05, 3.63) is 29.3 Å². The summed E-state index contributed by atoms with van der Waals surface area (Å²) in [4.78, 5) is 11.1. The Morgan fingerprint density at radius 2 is 2.11 bits per heavy atom. The summed E-state index contributed by atoms with van der Waals surface area (Å²) in [6, 6.07) is 4.29. The zero-order valence-corrected chi connectivity index (χ0v) is 10.3. The lowest BCUT2D eigenvalue weighted by Gasteiger charge is -2.19. The molecule has 2 unspecified atom stereocenters. The molecule has 1 aromatic rings. The van der Waals surface area contributed by atoms with Crippen molar-refractivity contribution in [3.8, 4) is 5.75 Å². The van der Waals surface area contributed by atoms with E-state index in [-0.39, 0.29) is 17.7 Å². The number of aliphatic hydroxyl groups is 2. The summed E-state index contributed by atoms with van der Waals surface area (Å²) in [5.41, 5.74) is 0.0723. The lowest BCUT2D eigenvalue weighted by molar-refractivity contribution is 0.0191. The van der Waals surface area contributed by atoms with Crippen molar-refractivity contribution in [2.45, 2.75) is 12.2 Å². The first-order valence-corrected chi connectivity index (χ1v) is 5.43. The highest BCUT2D eigenvalue weighted by Gasteiger charge is 2.23. The maximum atomic E-state index is 11.1. The number of hydrogen-bond acceptors (Lipinski definition) is 5. The minimum atomic E-state index is -1.27. The lowest BCUT2D eigenvalue weighted by Crippen LogP contribution is -2.30. The second-order valence-electron chi connectivity index (χ2n) is 3.83. The maximum absolute atomic E-state index is 11.1. The van der Waals surface area contributed by atoms with E-state index in [1.165, 1.54) is 25.3 Å². The normalized spacial score (nSPS) is 14.0. The molecule has 1 aromatic carbocycles.